The van der Waals surface area contributed by atoms with Gasteiger partial charge in [0.05, 0.1) is 0 Å². The Balaban J connectivity index is 1.68. The van der Waals surface area contributed by atoms with Crippen molar-refractivity contribution < 1.29 is 0 Å². The molecule has 116 valence electrons. The summed E-state index contributed by atoms with van der Waals surface area (Å²) >= 11 is 6.49. The van der Waals surface area contributed by atoms with E-state index in [0.29, 0.717) is 6.04 Å². The summed E-state index contributed by atoms with van der Waals surface area (Å²) in [7, 11) is 4.30. The van der Waals surface area contributed by atoms with Crippen LogP contribution in [0.3, 0.4) is 0 Å². The molecule has 4 heteroatoms. The normalized spacial score (nSPS) is 22.3. The second-order valence-electron chi connectivity index (χ2n) is 6.68. The third kappa shape index (κ3) is 3.91. The van der Waals surface area contributed by atoms with Crippen LogP contribution in [0.25, 0.3) is 0 Å². The molecule has 1 atom stereocenters. The molecule has 2 aliphatic rings. The van der Waals surface area contributed by atoms with Crippen LogP contribution >= 0.6 is 11.6 Å². The number of benzene rings is 1. The number of rotatable bonds is 6. The van der Waals surface area contributed by atoms with Gasteiger partial charge >= 0.3 is 0 Å². The number of hydrogen-bond acceptors (Lipinski definition) is 3. The van der Waals surface area contributed by atoms with Crippen LogP contribution in [0.15, 0.2) is 18.2 Å². The lowest BCUT2D eigenvalue weighted by Crippen LogP contribution is -2.37. The van der Waals surface area contributed by atoms with Gasteiger partial charge in [-0.05, 0) is 57.5 Å². The van der Waals surface area contributed by atoms with Gasteiger partial charge in [-0.25, -0.2) is 0 Å². The van der Waals surface area contributed by atoms with Crippen LogP contribution in [0.2, 0.25) is 5.02 Å². The lowest BCUT2D eigenvalue weighted by Gasteiger charge is -2.29. The SMILES string of the molecule is CN(C)CC1CCCN1c1ccc(CNC2CC2)c(Cl)c1. The van der Waals surface area contributed by atoms with Gasteiger partial charge in [0.1, 0.15) is 0 Å². The highest BCUT2D eigenvalue weighted by molar-refractivity contribution is 6.31. The van der Waals surface area contributed by atoms with Gasteiger partial charge in [-0.2, -0.15) is 0 Å². The molecular weight excluding hydrogens is 282 g/mol. The fraction of sp³-hybridized carbons (Fsp3) is 0.647. The highest BCUT2D eigenvalue weighted by Crippen LogP contribution is 2.30. The fourth-order valence-corrected chi connectivity index (χ4v) is 3.43. The molecule has 3 rings (SSSR count). The molecule has 1 aliphatic carbocycles. The third-order valence-corrected chi connectivity index (χ3v) is 4.83. The average molecular weight is 308 g/mol. The lowest BCUT2D eigenvalue weighted by molar-refractivity contribution is 0.372. The Labute approximate surface area is 133 Å². The summed E-state index contributed by atoms with van der Waals surface area (Å²) in [6.45, 7) is 3.15. The second kappa shape index (κ2) is 6.55. The van der Waals surface area contributed by atoms with Gasteiger partial charge in [0.2, 0.25) is 0 Å². The molecule has 1 N–H and O–H groups in total. The highest BCUT2D eigenvalue weighted by atomic mass is 35.5. The van der Waals surface area contributed by atoms with Crippen molar-refractivity contribution in [2.75, 3.05) is 32.1 Å². The molecule has 21 heavy (non-hydrogen) atoms. The van der Waals surface area contributed by atoms with Crippen molar-refractivity contribution in [3.05, 3.63) is 28.8 Å². The van der Waals surface area contributed by atoms with Crippen LogP contribution in [-0.2, 0) is 6.54 Å². The number of hydrogen-bond donors (Lipinski definition) is 1. The van der Waals surface area contributed by atoms with Crippen molar-refractivity contribution in [3.63, 3.8) is 0 Å². The molecule has 1 unspecified atom stereocenters. The van der Waals surface area contributed by atoms with Gasteiger partial charge in [-0.1, -0.05) is 17.7 Å². The van der Waals surface area contributed by atoms with Gasteiger partial charge in [0, 0.05) is 42.4 Å². The molecule has 0 spiro atoms. The van der Waals surface area contributed by atoms with Crippen LogP contribution in [-0.4, -0.2) is 44.2 Å². The van der Waals surface area contributed by atoms with Gasteiger partial charge < -0.3 is 15.1 Å². The van der Waals surface area contributed by atoms with E-state index >= 15 is 0 Å². The summed E-state index contributed by atoms with van der Waals surface area (Å²) in [6, 6.07) is 7.93. The van der Waals surface area contributed by atoms with Crippen molar-refractivity contribution in [1.82, 2.24) is 10.2 Å². The monoisotopic (exact) mass is 307 g/mol. The Morgan fingerprint density at radius 2 is 2.10 bits per heavy atom. The summed E-state index contributed by atoms with van der Waals surface area (Å²) in [6.07, 6.45) is 5.19. The Morgan fingerprint density at radius 1 is 1.29 bits per heavy atom. The minimum atomic E-state index is 0.617. The number of likely N-dealkylation sites (N-methyl/N-ethyl adjacent to an activating group) is 1. The maximum absolute atomic E-state index is 6.49. The first-order valence-corrected chi connectivity index (χ1v) is 8.44. The van der Waals surface area contributed by atoms with E-state index in [2.05, 4.69) is 47.4 Å². The molecule has 1 aromatic rings. The molecule has 0 radical (unpaired) electrons. The molecule has 1 aromatic carbocycles. The van der Waals surface area contributed by atoms with Crippen LogP contribution in [0, 0.1) is 0 Å². The molecule has 1 saturated carbocycles. The van der Waals surface area contributed by atoms with Crippen LogP contribution < -0.4 is 10.2 Å². The Kier molecular flexibility index (Phi) is 4.72. The van der Waals surface area contributed by atoms with Crippen molar-refractivity contribution in [2.24, 2.45) is 0 Å². The molecule has 1 heterocycles. The smallest absolute Gasteiger partial charge is 0.0471 e. The molecule has 3 nitrogen and oxygen atoms in total. The van der Waals surface area contributed by atoms with Crippen molar-refractivity contribution >= 4 is 17.3 Å². The zero-order valence-corrected chi connectivity index (χ0v) is 13.9. The summed E-state index contributed by atoms with van der Waals surface area (Å²) < 4.78 is 0. The zero-order chi connectivity index (χ0) is 14.8. The summed E-state index contributed by atoms with van der Waals surface area (Å²) in [5, 5.41) is 4.43. The number of nitrogens with one attached hydrogen (secondary N) is 1. The zero-order valence-electron chi connectivity index (χ0n) is 13.1. The maximum Gasteiger partial charge on any atom is 0.0471 e. The highest BCUT2D eigenvalue weighted by Gasteiger charge is 2.25. The molecule has 2 fully saturated rings. The molecule has 1 aliphatic heterocycles. The maximum atomic E-state index is 6.49. The molecule has 0 amide bonds. The molecule has 0 bridgehead atoms. The van der Waals surface area contributed by atoms with E-state index in [1.165, 1.54) is 36.9 Å². The predicted molar refractivity (Wildman–Crippen MR) is 90.2 cm³/mol. The van der Waals surface area contributed by atoms with E-state index in [1.54, 1.807) is 0 Å². The van der Waals surface area contributed by atoms with Gasteiger partial charge in [-0.3, -0.25) is 0 Å². The summed E-state index contributed by atoms with van der Waals surface area (Å²) in [5.74, 6) is 0. The van der Waals surface area contributed by atoms with Gasteiger partial charge in [-0.15, -0.1) is 0 Å². The Morgan fingerprint density at radius 3 is 2.76 bits per heavy atom. The largest absolute Gasteiger partial charge is 0.367 e. The molecular formula is C17H26ClN3. The lowest BCUT2D eigenvalue weighted by atomic mass is 10.1. The minimum absolute atomic E-state index is 0.617. The van der Waals surface area contributed by atoms with Crippen LogP contribution in [0.4, 0.5) is 5.69 Å². The fourth-order valence-electron chi connectivity index (χ4n) is 3.19. The number of halogens is 1. The number of nitrogens with zero attached hydrogens (tertiary/aromatic N) is 2. The topological polar surface area (TPSA) is 18.5 Å². The van der Waals surface area contributed by atoms with Crippen molar-refractivity contribution in [3.8, 4) is 0 Å². The van der Waals surface area contributed by atoms with E-state index in [-0.39, 0.29) is 0 Å². The Bertz CT molecular complexity index is 485. The van der Waals surface area contributed by atoms with E-state index in [9.17, 15) is 0 Å². The minimum Gasteiger partial charge on any atom is -0.367 e. The van der Waals surface area contributed by atoms with Gasteiger partial charge in [0.15, 0.2) is 0 Å². The second-order valence-corrected chi connectivity index (χ2v) is 7.09. The van der Waals surface area contributed by atoms with Crippen LogP contribution in [0.5, 0.6) is 0 Å². The quantitative estimate of drug-likeness (QED) is 0.871. The molecule has 0 aromatic heterocycles. The predicted octanol–water partition coefficient (Wildman–Crippen LogP) is 3.12. The van der Waals surface area contributed by atoms with Gasteiger partial charge in [0.25, 0.3) is 0 Å². The summed E-state index contributed by atoms with van der Waals surface area (Å²) in [5.41, 5.74) is 2.50. The average Bonchev–Trinajstić information content (AvgIpc) is 3.16. The van der Waals surface area contributed by atoms with Crippen molar-refractivity contribution in [1.29, 1.82) is 0 Å². The Hall–Kier alpha value is -0.770. The van der Waals surface area contributed by atoms with Crippen molar-refractivity contribution in [2.45, 2.75) is 44.3 Å². The van der Waals surface area contributed by atoms with E-state index in [1.807, 2.05) is 0 Å². The van der Waals surface area contributed by atoms with E-state index in [4.69, 9.17) is 11.6 Å². The first kappa shape index (κ1) is 15.1. The molecule has 1 saturated heterocycles. The van der Waals surface area contributed by atoms with E-state index in [0.717, 1.165) is 30.7 Å². The van der Waals surface area contributed by atoms with Crippen LogP contribution in [0.1, 0.15) is 31.2 Å². The standard InChI is InChI=1S/C17H26ClN3/c1-20(2)12-16-4-3-9-21(16)15-8-5-13(17(18)10-15)11-19-14-6-7-14/h5,8,10,14,16,19H,3-4,6-7,9,11-12H2,1-2H3. The first-order valence-electron chi connectivity index (χ1n) is 8.06. The number of anilines is 1. The van der Waals surface area contributed by atoms with E-state index < -0.39 is 0 Å². The summed E-state index contributed by atoms with van der Waals surface area (Å²) in [4.78, 5) is 4.79. The third-order valence-electron chi connectivity index (χ3n) is 4.48. The first-order chi connectivity index (χ1) is 10.1.